The van der Waals surface area contributed by atoms with Gasteiger partial charge in [-0.1, -0.05) is 17.7 Å². The van der Waals surface area contributed by atoms with Gasteiger partial charge in [-0.15, -0.1) is 0 Å². The van der Waals surface area contributed by atoms with Gasteiger partial charge in [-0.2, -0.15) is 23.5 Å². The summed E-state index contributed by atoms with van der Waals surface area (Å²) in [5.74, 6) is 0.106. The molecule has 0 unspecified atom stereocenters. The summed E-state index contributed by atoms with van der Waals surface area (Å²) >= 11 is 6.09. The fourth-order valence-electron chi connectivity index (χ4n) is 4.31. The van der Waals surface area contributed by atoms with E-state index in [-0.39, 0.29) is 46.8 Å². The van der Waals surface area contributed by atoms with Gasteiger partial charge >= 0.3 is 6.18 Å². The highest BCUT2D eigenvalue weighted by Crippen LogP contribution is 2.40. The van der Waals surface area contributed by atoms with Gasteiger partial charge in [-0.05, 0) is 35.7 Å². The number of amides is 1. The first kappa shape index (κ1) is 25.2. The molecule has 192 valence electrons. The number of carbonyl (C=O) groups excluding carboxylic acids is 1. The van der Waals surface area contributed by atoms with Crippen molar-refractivity contribution in [3.05, 3.63) is 76.3 Å². The maximum Gasteiger partial charge on any atom is 0.419 e. The smallest absolute Gasteiger partial charge is 0.310 e. The van der Waals surface area contributed by atoms with E-state index in [0.717, 1.165) is 0 Å². The number of nitriles is 1. The third-order valence-electron chi connectivity index (χ3n) is 6.09. The average molecular weight is 539 g/mol. The van der Waals surface area contributed by atoms with Crippen molar-refractivity contribution in [2.75, 3.05) is 16.8 Å². The first-order chi connectivity index (χ1) is 18.2. The van der Waals surface area contributed by atoms with Gasteiger partial charge in [0.2, 0.25) is 11.9 Å². The highest BCUT2D eigenvalue weighted by atomic mass is 35.5. The lowest BCUT2D eigenvalue weighted by atomic mass is 9.98. The van der Waals surface area contributed by atoms with Gasteiger partial charge < -0.3 is 10.2 Å². The molecule has 3 aromatic heterocycles. The van der Waals surface area contributed by atoms with Crippen LogP contribution in [-0.4, -0.2) is 37.2 Å². The van der Waals surface area contributed by atoms with Crippen LogP contribution in [0.25, 0.3) is 11.3 Å². The van der Waals surface area contributed by atoms with Crippen molar-refractivity contribution in [1.82, 2.24) is 24.7 Å². The van der Waals surface area contributed by atoms with Crippen LogP contribution in [0.1, 0.15) is 22.3 Å². The van der Waals surface area contributed by atoms with Crippen LogP contribution in [-0.2, 0) is 30.9 Å². The molecule has 1 aliphatic heterocycles. The highest BCUT2D eigenvalue weighted by Gasteiger charge is 2.37. The van der Waals surface area contributed by atoms with Gasteiger partial charge in [0.15, 0.2) is 0 Å². The van der Waals surface area contributed by atoms with E-state index >= 15 is 0 Å². The molecule has 4 aromatic rings. The van der Waals surface area contributed by atoms with Crippen molar-refractivity contribution in [2.24, 2.45) is 7.05 Å². The molecule has 13 heteroatoms. The number of benzene rings is 1. The number of pyridine rings is 1. The second-order valence-corrected chi connectivity index (χ2v) is 8.85. The molecule has 0 atom stereocenters. The van der Waals surface area contributed by atoms with Crippen LogP contribution >= 0.6 is 11.6 Å². The predicted molar refractivity (Wildman–Crippen MR) is 133 cm³/mol. The minimum atomic E-state index is -4.74. The highest BCUT2D eigenvalue weighted by molar-refractivity contribution is 6.30. The lowest BCUT2D eigenvalue weighted by Crippen LogP contribution is -2.31. The van der Waals surface area contributed by atoms with E-state index in [9.17, 15) is 23.2 Å². The van der Waals surface area contributed by atoms with E-state index in [0.29, 0.717) is 35.2 Å². The van der Waals surface area contributed by atoms with Crippen LogP contribution in [0, 0.1) is 11.3 Å². The summed E-state index contributed by atoms with van der Waals surface area (Å²) in [6, 6.07) is 9.84. The molecule has 0 fully saturated rings. The number of aryl methyl sites for hydroxylation is 1. The van der Waals surface area contributed by atoms with Crippen LogP contribution in [0.3, 0.4) is 0 Å². The number of fused-ring (bicyclic) bond motifs is 1. The summed E-state index contributed by atoms with van der Waals surface area (Å²) in [6.07, 6.45) is -0.688. The van der Waals surface area contributed by atoms with Gasteiger partial charge in [0, 0.05) is 37.6 Å². The van der Waals surface area contributed by atoms with Crippen LogP contribution in [0.15, 0.2) is 48.9 Å². The van der Waals surface area contributed by atoms with Crippen molar-refractivity contribution >= 4 is 35.0 Å². The Bertz CT molecular complexity index is 1590. The molecular weight excluding hydrogens is 521 g/mol. The molecule has 0 radical (unpaired) electrons. The Hall–Kier alpha value is -4.50. The van der Waals surface area contributed by atoms with Crippen molar-refractivity contribution in [3.63, 3.8) is 0 Å². The number of alkyl halides is 3. The number of hydrogen-bond acceptors (Lipinski definition) is 7. The van der Waals surface area contributed by atoms with Gasteiger partial charge in [-0.25, -0.2) is 15.0 Å². The lowest BCUT2D eigenvalue weighted by Gasteiger charge is -2.20. The molecule has 0 saturated carbocycles. The fourth-order valence-corrected chi connectivity index (χ4v) is 4.50. The van der Waals surface area contributed by atoms with Crippen LogP contribution < -0.4 is 10.2 Å². The summed E-state index contributed by atoms with van der Waals surface area (Å²) < 4.78 is 43.2. The van der Waals surface area contributed by atoms with Crippen LogP contribution in [0.4, 0.5) is 30.6 Å². The van der Waals surface area contributed by atoms with Crippen LogP contribution in [0.5, 0.6) is 0 Å². The first-order valence-corrected chi connectivity index (χ1v) is 11.7. The number of rotatable bonds is 5. The van der Waals surface area contributed by atoms with Crippen LogP contribution in [0.2, 0.25) is 5.15 Å². The number of nitrogens with zero attached hydrogens (tertiary/aromatic N) is 7. The standard InChI is InChI=1S/C25H18ClF3N8O/c1-36-19(4-7-33-36)34-24-32-13-18(25(27,28)29)21(35-24)16-9-14-5-8-37(22(14)17(10-16)12-30)20(38)11-15-3-2-6-31-23(15)26/h2-4,6-7,9-10,13H,5,8,11H2,1H3,(H,32,34,35). The molecule has 5 rings (SSSR count). The van der Waals surface area contributed by atoms with E-state index in [4.69, 9.17) is 11.6 Å². The normalized spacial score (nSPS) is 12.8. The second-order valence-electron chi connectivity index (χ2n) is 8.49. The Morgan fingerprint density at radius 1 is 1.24 bits per heavy atom. The monoisotopic (exact) mass is 538 g/mol. The Morgan fingerprint density at radius 2 is 2.05 bits per heavy atom. The third kappa shape index (κ3) is 4.76. The summed E-state index contributed by atoms with van der Waals surface area (Å²) in [5, 5.41) is 17.0. The summed E-state index contributed by atoms with van der Waals surface area (Å²) in [4.78, 5) is 26.5. The average Bonchev–Trinajstić information content (AvgIpc) is 3.50. The molecule has 4 heterocycles. The number of carbonyl (C=O) groups is 1. The van der Waals surface area contributed by atoms with E-state index in [1.807, 2.05) is 6.07 Å². The number of aromatic nitrogens is 5. The summed E-state index contributed by atoms with van der Waals surface area (Å²) in [5.41, 5.74) is 0.195. The molecule has 1 amide bonds. The largest absolute Gasteiger partial charge is 0.419 e. The molecule has 0 aliphatic carbocycles. The van der Waals surface area contributed by atoms with E-state index < -0.39 is 11.7 Å². The number of anilines is 3. The van der Waals surface area contributed by atoms with E-state index in [1.165, 1.54) is 34.1 Å². The van der Waals surface area contributed by atoms with Gasteiger partial charge in [-0.3, -0.25) is 9.48 Å². The van der Waals surface area contributed by atoms with Crippen molar-refractivity contribution < 1.29 is 18.0 Å². The molecule has 1 aliphatic rings. The molecule has 0 bridgehead atoms. The molecular formula is C25H18ClF3N8O. The maximum atomic E-state index is 13.9. The Morgan fingerprint density at radius 3 is 2.74 bits per heavy atom. The Balaban J connectivity index is 1.54. The Kier molecular flexibility index (Phi) is 6.46. The zero-order chi connectivity index (χ0) is 27.0. The predicted octanol–water partition coefficient (Wildman–Crippen LogP) is 4.69. The molecule has 1 N–H and O–H groups in total. The minimum absolute atomic E-state index is 0.0358. The third-order valence-corrected chi connectivity index (χ3v) is 6.43. The first-order valence-electron chi connectivity index (χ1n) is 11.3. The quantitative estimate of drug-likeness (QED) is 0.367. The zero-order valence-corrected chi connectivity index (χ0v) is 20.5. The molecule has 9 nitrogen and oxygen atoms in total. The number of hydrogen-bond donors (Lipinski definition) is 1. The van der Waals surface area contributed by atoms with Gasteiger partial charge in [0.1, 0.15) is 22.6 Å². The molecule has 38 heavy (non-hydrogen) atoms. The number of halogens is 4. The van der Waals surface area contributed by atoms with Gasteiger partial charge in [0.05, 0.1) is 29.6 Å². The fraction of sp³-hybridized carbons (Fsp3) is 0.200. The SMILES string of the molecule is Cn1nccc1Nc1ncc(C(F)(F)F)c(-c2cc(C#N)c3c(c2)CCN3C(=O)Cc2cccnc2Cl)n1. The van der Waals surface area contributed by atoms with Gasteiger partial charge in [0.25, 0.3) is 0 Å². The Labute approximate surface area is 219 Å². The molecule has 0 saturated heterocycles. The molecule has 1 aromatic carbocycles. The van der Waals surface area contributed by atoms with Crippen molar-refractivity contribution in [1.29, 1.82) is 5.26 Å². The van der Waals surface area contributed by atoms with Crippen molar-refractivity contribution in [3.8, 4) is 17.3 Å². The second kappa shape index (κ2) is 9.75. The van der Waals surface area contributed by atoms with E-state index in [2.05, 4.69) is 25.4 Å². The topological polar surface area (TPSA) is 113 Å². The van der Waals surface area contributed by atoms with Crippen molar-refractivity contribution in [2.45, 2.75) is 19.0 Å². The number of nitrogens with one attached hydrogen (secondary N) is 1. The maximum absolute atomic E-state index is 13.9. The molecule has 0 spiro atoms. The summed E-state index contributed by atoms with van der Waals surface area (Å²) in [7, 11) is 1.66. The lowest BCUT2D eigenvalue weighted by molar-refractivity contribution is -0.137. The minimum Gasteiger partial charge on any atom is -0.310 e. The zero-order valence-electron chi connectivity index (χ0n) is 19.8. The summed E-state index contributed by atoms with van der Waals surface area (Å²) in [6.45, 7) is 0.271. The van der Waals surface area contributed by atoms with E-state index in [1.54, 1.807) is 25.2 Å².